The van der Waals surface area contributed by atoms with Crippen LogP contribution in [-0.4, -0.2) is 39.7 Å². The molecule has 1 fully saturated rings. The fraction of sp³-hybridized carbons (Fsp3) is 0.583. The van der Waals surface area contributed by atoms with Gasteiger partial charge in [-0.15, -0.1) is 0 Å². The normalized spacial score (nSPS) is 25.0. The summed E-state index contributed by atoms with van der Waals surface area (Å²) in [6.45, 7) is 3.17. The molecule has 2 atom stereocenters. The van der Waals surface area contributed by atoms with Gasteiger partial charge in [0.25, 0.3) is 5.91 Å². The van der Waals surface area contributed by atoms with Crippen molar-refractivity contribution in [2.24, 2.45) is 13.0 Å². The Bertz CT molecular complexity index is 427. The van der Waals surface area contributed by atoms with Gasteiger partial charge in [-0.1, -0.05) is 6.92 Å². The quantitative estimate of drug-likeness (QED) is 0.745. The number of hydrogen-bond acceptors (Lipinski definition) is 3. The van der Waals surface area contributed by atoms with Gasteiger partial charge in [0.05, 0.1) is 11.8 Å². The molecule has 0 aliphatic carbocycles. The minimum absolute atomic E-state index is 0.0112. The van der Waals surface area contributed by atoms with Crippen molar-refractivity contribution in [2.75, 3.05) is 18.8 Å². The summed E-state index contributed by atoms with van der Waals surface area (Å²) in [4.78, 5) is 14.0. The van der Waals surface area contributed by atoms with Crippen LogP contribution < -0.4 is 5.73 Å². The van der Waals surface area contributed by atoms with E-state index in [4.69, 9.17) is 5.73 Å². The van der Waals surface area contributed by atoms with Gasteiger partial charge in [-0.25, -0.2) is 0 Å². The average Bonchev–Trinajstić information content (AvgIpc) is 2.61. The molecule has 5 heteroatoms. The van der Waals surface area contributed by atoms with Crippen molar-refractivity contribution in [3.63, 3.8) is 0 Å². The number of aliphatic hydroxyl groups is 1. The molecule has 1 aliphatic rings. The van der Waals surface area contributed by atoms with E-state index < -0.39 is 0 Å². The molecule has 2 heterocycles. The number of nitrogen functional groups attached to an aromatic ring is 1. The summed E-state index contributed by atoms with van der Waals surface area (Å²) in [7, 11) is 1.81. The first-order valence-corrected chi connectivity index (χ1v) is 5.88. The van der Waals surface area contributed by atoms with Crippen LogP contribution in [-0.2, 0) is 7.05 Å². The first-order chi connectivity index (χ1) is 7.99. The van der Waals surface area contributed by atoms with Gasteiger partial charge in [0.2, 0.25) is 0 Å². The number of nitrogens with zero attached hydrogens (tertiary/aromatic N) is 2. The van der Waals surface area contributed by atoms with E-state index in [1.54, 1.807) is 21.7 Å². The lowest BCUT2D eigenvalue weighted by molar-refractivity contribution is 0.0292. The second-order valence-corrected chi connectivity index (χ2v) is 4.85. The molecular formula is C12H19N3O2. The topological polar surface area (TPSA) is 71.5 Å². The molecule has 1 aliphatic heterocycles. The van der Waals surface area contributed by atoms with Gasteiger partial charge >= 0.3 is 0 Å². The number of piperidine rings is 1. The zero-order valence-corrected chi connectivity index (χ0v) is 10.3. The van der Waals surface area contributed by atoms with Crippen LogP contribution in [0.2, 0.25) is 0 Å². The number of hydrogen-bond donors (Lipinski definition) is 2. The maximum atomic E-state index is 12.3. The maximum Gasteiger partial charge on any atom is 0.270 e. The largest absolute Gasteiger partial charge is 0.397 e. The molecule has 17 heavy (non-hydrogen) atoms. The van der Waals surface area contributed by atoms with Crippen LogP contribution in [0.25, 0.3) is 0 Å². The Balaban J connectivity index is 2.13. The third-order valence-corrected chi connectivity index (χ3v) is 3.39. The van der Waals surface area contributed by atoms with E-state index in [1.807, 2.05) is 14.0 Å². The van der Waals surface area contributed by atoms with Crippen molar-refractivity contribution in [3.8, 4) is 0 Å². The molecule has 1 amide bonds. The van der Waals surface area contributed by atoms with Crippen LogP contribution >= 0.6 is 0 Å². The van der Waals surface area contributed by atoms with E-state index >= 15 is 0 Å². The molecule has 2 rings (SSSR count). The molecule has 0 spiro atoms. The zero-order chi connectivity index (χ0) is 12.6. The lowest BCUT2D eigenvalue weighted by Gasteiger charge is -2.34. The molecule has 0 aromatic carbocycles. The smallest absolute Gasteiger partial charge is 0.270 e. The average molecular weight is 237 g/mol. The molecule has 5 nitrogen and oxygen atoms in total. The predicted octanol–water partition coefficient (Wildman–Crippen LogP) is 0.450. The highest BCUT2D eigenvalue weighted by Gasteiger charge is 2.28. The van der Waals surface area contributed by atoms with E-state index in [0.29, 0.717) is 30.9 Å². The zero-order valence-electron chi connectivity index (χ0n) is 10.3. The summed E-state index contributed by atoms with van der Waals surface area (Å²) in [5.41, 5.74) is 6.87. The fourth-order valence-corrected chi connectivity index (χ4v) is 2.28. The summed E-state index contributed by atoms with van der Waals surface area (Å²) < 4.78 is 1.74. The highest BCUT2D eigenvalue weighted by Crippen LogP contribution is 2.19. The number of aliphatic hydroxyl groups excluding tert-OH is 1. The highest BCUT2D eigenvalue weighted by atomic mass is 16.3. The summed E-state index contributed by atoms with van der Waals surface area (Å²) in [6, 6.07) is 1.69. The molecule has 0 saturated carbocycles. The summed E-state index contributed by atoms with van der Waals surface area (Å²) >= 11 is 0. The number of carbonyl (C=O) groups is 1. The van der Waals surface area contributed by atoms with Crippen molar-refractivity contribution >= 4 is 11.6 Å². The second-order valence-electron chi connectivity index (χ2n) is 4.85. The van der Waals surface area contributed by atoms with Crippen molar-refractivity contribution in [3.05, 3.63) is 18.0 Å². The van der Waals surface area contributed by atoms with Crippen LogP contribution in [0.3, 0.4) is 0 Å². The number of amides is 1. The molecule has 1 aromatic rings. The van der Waals surface area contributed by atoms with Crippen LogP contribution in [0.1, 0.15) is 23.8 Å². The van der Waals surface area contributed by atoms with E-state index in [2.05, 4.69) is 0 Å². The molecule has 2 unspecified atom stereocenters. The Kier molecular flexibility index (Phi) is 3.11. The minimum Gasteiger partial charge on any atom is -0.397 e. The number of carbonyl (C=O) groups excluding carboxylic acids is 1. The van der Waals surface area contributed by atoms with Gasteiger partial charge in [-0.3, -0.25) is 4.79 Å². The summed E-state index contributed by atoms with van der Waals surface area (Å²) in [6.07, 6.45) is 2.08. The predicted molar refractivity (Wildman–Crippen MR) is 65.5 cm³/mol. The monoisotopic (exact) mass is 237 g/mol. The van der Waals surface area contributed by atoms with E-state index in [0.717, 1.165) is 0 Å². The second kappa shape index (κ2) is 4.41. The molecule has 3 N–H and O–H groups in total. The van der Waals surface area contributed by atoms with E-state index in [9.17, 15) is 9.90 Å². The number of rotatable bonds is 1. The van der Waals surface area contributed by atoms with Crippen LogP contribution in [0.4, 0.5) is 5.69 Å². The Morgan fingerprint density at radius 3 is 2.82 bits per heavy atom. The summed E-state index contributed by atoms with van der Waals surface area (Å²) in [5, 5.41) is 9.64. The number of nitrogens with two attached hydrogens (primary N) is 1. The Labute approximate surface area is 101 Å². The van der Waals surface area contributed by atoms with E-state index in [1.165, 1.54) is 0 Å². The number of aromatic nitrogens is 1. The van der Waals surface area contributed by atoms with E-state index in [-0.39, 0.29) is 17.9 Å². The standard InChI is InChI=1S/C12H19N3O2/c1-8-6-15(4-3-11(8)16)12(17)10-5-9(13)7-14(10)2/h5,7-8,11,16H,3-4,6,13H2,1-2H3. The molecule has 0 bridgehead atoms. The number of anilines is 1. The maximum absolute atomic E-state index is 12.3. The van der Waals surface area contributed by atoms with Crippen molar-refractivity contribution in [2.45, 2.75) is 19.4 Å². The van der Waals surface area contributed by atoms with Gasteiger partial charge in [0, 0.05) is 26.3 Å². The third-order valence-electron chi connectivity index (χ3n) is 3.39. The van der Waals surface area contributed by atoms with Crippen LogP contribution in [0.15, 0.2) is 12.3 Å². The van der Waals surface area contributed by atoms with Crippen LogP contribution in [0, 0.1) is 5.92 Å². The molecule has 1 aromatic heterocycles. The molecule has 1 saturated heterocycles. The molecular weight excluding hydrogens is 218 g/mol. The Hall–Kier alpha value is -1.49. The minimum atomic E-state index is -0.294. The summed E-state index contributed by atoms with van der Waals surface area (Å²) in [5.74, 6) is 0.119. The van der Waals surface area contributed by atoms with Gasteiger partial charge in [0.1, 0.15) is 5.69 Å². The number of likely N-dealkylation sites (tertiary alicyclic amines) is 1. The third kappa shape index (κ3) is 2.29. The van der Waals surface area contributed by atoms with Gasteiger partial charge < -0.3 is 20.3 Å². The molecule has 94 valence electrons. The van der Waals surface area contributed by atoms with Crippen molar-refractivity contribution in [1.29, 1.82) is 0 Å². The Morgan fingerprint density at radius 1 is 1.59 bits per heavy atom. The van der Waals surface area contributed by atoms with Gasteiger partial charge in [0.15, 0.2) is 0 Å². The first kappa shape index (κ1) is 12.0. The van der Waals surface area contributed by atoms with Crippen molar-refractivity contribution in [1.82, 2.24) is 9.47 Å². The Morgan fingerprint density at radius 2 is 2.29 bits per heavy atom. The van der Waals surface area contributed by atoms with Crippen molar-refractivity contribution < 1.29 is 9.90 Å². The first-order valence-electron chi connectivity index (χ1n) is 5.88. The lowest BCUT2D eigenvalue weighted by atomic mass is 9.96. The highest BCUT2D eigenvalue weighted by molar-refractivity contribution is 5.93. The molecule has 0 radical (unpaired) electrons. The van der Waals surface area contributed by atoms with Gasteiger partial charge in [-0.2, -0.15) is 0 Å². The van der Waals surface area contributed by atoms with Gasteiger partial charge in [-0.05, 0) is 18.4 Å². The fourth-order valence-electron chi connectivity index (χ4n) is 2.28. The number of aryl methyl sites for hydroxylation is 1. The van der Waals surface area contributed by atoms with Crippen LogP contribution in [0.5, 0.6) is 0 Å². The lowest BCUT2D eigenvalue weighted by Crippen LogP contribution is -2.45. The SMILES string of the molecule is CC1CN(C(=O)c2cc(N)cn2C)CCC1O.